The standard InChI is InChI=1S/2Cr.2Cu.K.4H2O.4O.Pb.3H/h;;;;;4*1H2;;;;;;;;/q2*+2;;;+1;;;;;;;;;;;;-1/p-4. The SMILES string of the molecule is [Cu].[Cu].[H-].[K+].[O]=[Cr](=[O])([OH])[OH].[O]=[Cr](=[O])([OH])[OH].[PbH2]. The average Bonchev–Trinajstić information content (AvgIpc) is 1.12. The Labute approximate surface area is 169 Å². The molecule has 8 nitrogen and oxygen atoms in total. The van der Waals surface area contributed by atoms with Gasteiger partial charge < -0.3 is 1.43 Å². The molecule has 94 valence electrons. The Morgan fingerprint density at radius 1 is 0.714 bits per heavy atom. The summed E-state index contributed by atoms with van der Waals surface area (Å²) in [5.74, 6) is 0. The molecule has 0 aromatic heterocycles. The first kappa shape index (κ1) is 36.1. The van der Waals surface area contributed by atoms with Crippen molar-refractivity contribution in [2.24, 2.45) is 0 Å². The van der Waals surface area contributed by atoms with Crippen molar-refractivity contribution in [1.82, 2.24) is 0 Å². The van der Waals surface area contributed by atoms with Gasteiger partial charge in [-0.05, 0) is 0 Å². The van der Waals surface area contributed by atoms with Gasteiger partial charge in [-0.3, -0.25) is 0 Å². The second-order valence-corrected chi connectivity index (χ2v) is 3.69. The summed E-state index contributed by atoms with van der Waals surface area (Å²) in [5.41, 5.74) is 0. The molecule has 0 aliphatic carbocycles. The molecular weight excluding hydrogens is 605 g/mol. The van der Waals surface area contributed by atoms with Crippen LogP contribution in [0.25, 0.3) is 0 Å². The quantitative estimate of drug-likeness (QED) is 0.198. The number of rotatable bonds is 0. The molecule has 0 amide bonds. The predicted octanol–water partition coefficient (Wildman–Crippen LogP) is -6.51. The van der Waals surface area contributed by atoms with E-state index in [9.17, 15) is 0 Å². The Hall–Kier alpha value is 3.70. The van der Waals surface area contributed by atoms with Crippen LogP contribution in [0.2, 0.25) is 0 Å². The predicted molar refractivity (Wildman–Crippen MR) is 21.3 cm³/mol. The second-order valence-electron chi connectivity index (χ2n) is 0.896. The van der Waals surface area contributed by atoms with Crippen LogP contribution in [0.3, 0.4) is 0 Å². The Balaban J connectivity index is -0.0000000128. The van der Waals surface area contributed by atoms with Crippen LogP contribution in [0.5, 0.6) is 0 Å². The molecule has 0 unspecified atom stereocenters. The van der Waals surface area contributed by atoms with Gasteiger partial charge in [-0.15, -0.1) is 0 Å². The molecule has 0 aromatic carbocycles. The van der Waals surface area contributed by atoms with Crippen molar-refractivity contribution >= 4 is 27.3 Å². The van der Waals surface area contributed by atoms with Crippen molar-refractivity contribution in [2.45, 2.75) is 0 Å². The van der Waals surface area contributed by atoms with E-state index in [1.54, 1.807) is 0 Å². The Morgan fingerprint density at radius 2 is 0.714 bits per heavy atom. The topological polar surface area (TPSA) is 149 Å². The third kappa shape index (κ3) is 248. The normalized spacial score (nSPS) is 8.29. The molecule has 0 atom stereocenters. The van der Waals surface area contributed by atoms with Crippen LogP contribution >= 0.6 is 0 Å². The molecule has 0 aliphatic heterocycles. The molecule has 4 N–H and O–H groups in total. The van der Waals surface area contributed by atoms with Crippen molar-refractivity contribution in [2.75, 3.05) is 0 Å². The first-order valence-electron chi connectivity index (χ1n) is 1.40. The summed E-state index contributed by atoms with van der Waals surface area (Å²) in [5, 5.41) is 0. The average molecular weight is 612 g/mol. The fraction of sp³-hybridized carbons (Fsp3) is 0. The van der Waals surface area contributed by atoms with Gasteiger partial charge in [-0.2, -0.15) is 0 Å². The fourth-order valence-corrected chi connectivity index (χ4v) is 0. The van der Waals surface area contributed by atoms with Crippen LogP contribution in [0.4, 0.5) is 0 Å². The van der Waals surface area contributed by atoms with Crippen LogP contribution in [-0.2, 0) is 76.6 Å². The summed E-state index contributed by atoms with van der Waals surface area (Å²) in [4.78, 5) is 0. The van der Waals surface area contributed by atoms with Crippen molar-refractivity contribution in [3.05, 3.63) is 0 Å². The monoisotopic (exact) mass is 612 g/mol. The van der Waals surface area contributed by atoms with Gasteiger partial charge in [0, 0.05) is 34.1 Å². The van der Waals surface area contributed by atoms with E-state index in [1.165, 1.54) is 0 Å². The van der Waals surface area contributed by atoms with Crippen LogP contribution in [0.1, 0.15) is 1.43 Å². The van der Waals surface area contributed by atoms with Crippen LogP contribution in [0.15, 0.2) is 0 Å². The first-order valence-corrected chi connectivity index (χ1v) is 5.76. The molecule has 0 aromatic rings. The summed E-state index contributed by atoms with van der Waals surface area (Å²) in [7, 11) is 0. The molecular formula is H7Cr2Cu2KO8Pb. The van der Waals surface area contributed by atoms with Crippen molar-refractivity contribution in [3.8, 4) is 0 Å². The minimum absolute atomic E-state index is 0. The number of hydrogen-bond donors (Lipinski definition) is 4. The zero-order valence-corrected chi connectivity index (χ0v) is 19.6. The van der Waals surface area contributed by atoms with Gasteiger partial charge in [-0.25, -0.2) is 0 Å². The Kier molecular flexibility index (Phi) is 43.0. The van der Waals surface area contributed by atoms with Crippen LogP contribution in [0, 0.1) is 0 Å². The molecule has 4 radical (unpaired) electrons. The van der Waals surface area contributed by atoms with Crippen LogP contribution in [-0.4, -0.2) is 43.9 Å². The van der Waals surface area contributed by atoms with E-state index in [2.05, 4.69) is 0 Å². The zero-order valence-electron chi connectivity index (χ0n) is 7.55. The Morgan fingerprint density at radius 3 is 0.714 bits per heavy atom. The minimum atomic E-state index is -5.25. The maximum atomic E-state index is 8.82. The summed E-state index contributed by atoms with van der Waals surface area (Å²) in [6, 6.07) is 0. The van der Waals surface area contributed by atoms with E-state index in [0.717, 1.165) is 0 Å². The van der Waals surface area contributed by atoms with Gasteiger partial charge in [0.25, 0.3) is 0 Å². The third-order valence-corrected chi connectivity index (χ3v) is 0. The summed E-state index contributed by atoms with van der Waals surface area (Å²) in [6.45, 7) is 0. The van der Waals surface area contributed by atoms with Gasteiger partial charge >= 0.3 is 138 Å². The Bertz CT molecular complexity index is 227. The van der Waals surface area contributed by atoms with E-state index in [0.29, 0.717) is 0 Å². The second kappa shape index (κ2) is 16.7. The molecule has 0 bridgehead atoms. The third-order valence-electron chi connectivity index (χ3n) is 0. The molecule has 0 aliphatic rings. The van der Waals surface area contributed by atoms with Gasteiger partial charge in [0.1, 0.15) is 0 Å². The van der Waals surface area contributed by atoms with E-state index >= 15 is 0 Å². The molecule has 0 saturated carbocycles. The van der Waals surface area contributed by atoms with Crippen molar-refractivity contribution in [1.29, 1.82) is 0 Å². The summed E-state index contributed by atoms with van der Waals surface area (Å²) in [6.07, 6.45) is 0. The van der Waals surface area contributed by atoms with Gasteiger partial charge in [0.2, 0.25) is 0 Å². The summed E-state index contributed by atoms with van der Waals surface area (Å²) < 4.78 is 63.8. The van der Waals surface area contributed by atoms with E-state index < -0.39 is 27.2 Å². The van der Waals surface area contributed by atoms with E-state index in [1.807, 2.05) is 0 Å². The molecule has 0 saturated heterocycles. The first-order chi connectivity index (χ1) is 4.00. The van der Waals surface area contributed by atoms with Gasteiger partial charge in [0.15, 0.2) is 0 Å². The van der Waals surface area contributed by atoms with E-state index in [-0.39, 0.29) is 114 Å². The van der Waals surface area contributed by atoms with Crippen molar-refractivity contribution < 1.29 is 146 Å². The molecule has 0 heterocycles. The van der Waals surface area contributed by atoms with Crippen molar-refractivity contribution in [3.63, 3.8) is 0 Å². The van der Waals surface area contributed by atoms with E-state index in [4.69, 9.17) is 31.8 Å². The summed E-state index contributed by atoms with van der Waals surface area (Å²) >= 11 is -10.5. The van der Waals surface area contributed by atoms with Crippen LogP contribution < -0.4 is 51.4 Å². The van der Waals surface area contributed by atoms with Gasteiger partial charge in [-0.1, -0.05) is 0 Å². The molecule has 14 heavy (non-hydrogen) atoms. The molecule has 0 spiro atoms. The maximum absolute atomic E-state index is 8.82. The fourth-order valence-electron chi connectivity index (χ4n) is 0. The molecule has 0 rings (SSSR count). The van der Waals surface area contributed by atoms with Gasteiger partial charge in [0.05, 0.1) is 0 Å². The molecule has 14 heteroatoms. The number of hydrogen-bond acceptors (Lipinski definition) is 4. The zero-order chi connectivity index (χ0) is 9.00. The molecule has 0 fully saturated rings.